The third-order valence-corrected chi connectivity index (χ3v) is 3.83. The molecule has 8 heteroatoms. The van der Waals surface area contributed by atoms with Crippen LogP contribution in [0, 0.1) is 0 Å². The van der Waals surface area contributed by atoms with Gasteiger partial charge in [-0.05, 0) is 24.3 Å². The van der Waals surface area contributed by atoms with Gasteiger partial charge in [0.15, 0.2) is 11.5 Å². The number of para-hydroxylation sites is 3. The summed E-state index contributed by atoms with van der Waals surface area (Å²) >= 11 is 0. The van der Waals surface area contributed by atoms with Gasteiger partial charge < -0.3 is 29.6 Å². The Morgan fingerprint density at radius 1 is 1.07 bits per heavy atom. The van der Waals surface area contributed by atoms with Crippen molar-refractivity contribution in [2.45, 2.75) is 6.10 Å². The van der Waals surface area contributed by atoms with Gasteiger partial charge in [-0.25, -0.2) is 4.98 Å². The summed E-state index contributed by atoms with van der Waals surface area (Å²) < 4.78 is 16.6. The number of rotatable bonds is 10. The number of aliphatic hydroxyl groups is 1. The van der Waals surface area contributed by atoms with Gasteiger partial charge in [-0.2, -0.15) is 0 Å². The molecule has 0 radical (unpaired) electrons. The molecule has 0 bridgehead atoms. The Morgan fingerprint density at radius 3 is 2.67 bits per heavy atom. The van der Waals surface area contributed by atoms with Gasteiger partial charge in [0, 0.05) is 13.1 Å². The summed E-state index contributed by atoms with van der Waals surface area (Å²) in [7, 11) is 1.61. The van der Waals surface area contributed by atoms with Crippen LogP contribution in [0.15, 0.2) is 48.8 Å². The highest BCUT2D eigenvalue weighted by molar-refractivity contribution is 5.85. The van der Waals surface area contributed by atoms with Gasteiger partial charge in [0.25, 0.3) is 0 Å². The van der Waals surface area contributed by atoms with Crippen molar-refractivity contribution in [2.24, 2.45) is 0 Å². The first kappa shape index (κ1) is 20.8. The third-order valence-electron chi connectivity index (χ3n) is 3.83. The molecule has 3 N–H and O–H groups in total. The number of fused-ring (bicyclic) bond motifs is 1. The zero-order valence-electron chi connectivity index (χ0n) is 15.1. The largest absolute Gasteiger partial charge is 0.493 e. The number of methoxy groups -OCH3 is 1. The van der Waals surface area contributed by atoms with Gasteiger partial charge >= 0.3 is 0 Å². The molecule has 1 atom stereocenters. The molecule has 27 heavy (non-hydrogen) atoms. The monoisotopic (exact) mass is 393 g/mol. The molecule has 0 amide bonds. The van der Waals surface area contributed by atoms with Crippen molar-refractivity contribution in [3.8, 4) is 17.2 Å². The van der Waals surface area contributed by atoms with Gasteiger partial charge in [0.1, 0.15) is 30.6 Å². The Morgan fingerprint density at radius 2 is 1.85 bits per heavy atom. The van der Waals surface area contributed by atoms with Crippen LogP contribution < -0.4 is 19.5 Å². The summed E-state index contributed by atoms with van der Waals surface area (Å²) in [6, 6.07) is 13.1. The predicted octanol–water partition coefficient (Wildman–Crippen LogP) is 2.40. The average Bonchev–Trinajstić information content (AvgIpc) is 3.15. The fraction of sp³-hybridized carbons (Fsp3) is 0.316. The standard InChI is InChI=1S/C19H23N3O4.ClH/c1-24-16-6-2-3-7-17(16)25-10-9-20-11-14(23)12-26-18-8-4-5-15-19(18)22-13-21-15;/h2-8,13-14,20,23H,9-12H2,1H3,(H,21,22);1H. The lowest BCUT2D eigenvalue weighted by molar-refractivity contribution is 0.106. The number of benzene rings is 2. The first-order valence-corrected chi connectivity index (χ1v) is 8.47. The molecule has 0 aliphatic rings. The van der Waals surface area contributed by atoms with Crippen molar-refractivity contribution in [2.75, 3.05) is 33.4 Å². The number of H-pyrrole nitrogens is 1. The summed E-state index contributed by atoms with van der Waals surface area (Å²) in [5.41, 5.74) is 1.67. The number of aromatic amines is 1. The second kappa shape index (κ2) is 10.6. The van der Waals surface area contributed by atoms with E-state index < -0.39 is 6.10 Å². The topological polar surface area (TPSA) is 88.6 Å². The Labute approximate surface area is 164 Å². The molecule has 0 saturated carbocycles. The molecule has 0 aliphatic carbocycles. The van der Waals surface area contributed by atoms with E-state index in [0.29, 0.717) is 36.9 Å². The fourth-order valence-corrected chi connectivity index (χ4v) is 2.54. The van der Waals surface area contributed by atoms with E-state index in [1.165, 1.54) is 0 Å². The van der Waals surface area contributed by atoms with Crippen LogP contribution in [0.5, 0.6) is 17.2 Å². The summed E-state index contributed by atoms with van der Waals surface area (Å²) in [6.45, 7) is 1.67. The van der Waals surface area contributed by atoms with Crippen molar-refractivity contribution >= 4 is 23.4 Å². The quantitative estimate of drug-likeness (QED) is 0.458. The van der Waals surface area contributed by atoms with Crippen LogP contribution in [-0.4, -0.2) is 54.6 Å². The van der Waals surface area contributed by atoms with Gasteiger partial charge in [0.05, 0.1) is 19.0 Å². The van der Waals surface area contributed by atoms with Crippen LogP contribution in [0.4, 0.5) is 0 Å². The molecule has 0 aliphatic heterocycles. The van der Waals surface area contributed by atoms with Crippen LogP contribution in [0.3, 0.4) is 0 Å². The molecular weight excluding hydrogens is 370 g/mol. The molecular formula is C19H24ClN3O4. The normalized spacial score (nSPS) is 11.6. The second-order valence-corrected chi connectivity index (χ2v) is 5.72. The molecule has 146 valence electrons. The minimum absolute atomic E-state index is 0. The highest BCUT2D eigenvalue weighted by Crippen LogP contribution is 2.25. The van der Waals surface area contributed by atoms with E-state index in [1.807, 2.05) is 42.5 Å². The van der Waals surface area contributed by atoms with Crippen molar-refractivity contribution < 1.29 is 19.3 Å². The number of ether oxygens (including phenoxy) is 3. The van der Waals surface area contributed by atoms with E-state index in [1.54, 1.807) is 13.4 Å². The maximum Gasteiger partial charge on any atom is 0.161 e. The van der Waals surface area contributed by atoms with Crippen LogP contribution in [0.25, 0.3) is 11.0 Å². The first-order chi connectivity index (χ1) is 12.8. The van der Waals surface area contributed by atoms with E-state index in [9.17, 15) is 5.11 Å². The lowest BCUT2D eigenvalue weighted by Crippen LogP contribution is -2.33. The lowest BCUT2D eigenvalue weighted by atomic mass is 10.3. The predicted molar refractivity (Wildman–Crippen MR) is 106 cm³/mol. The molecule has 0 saturated heterocycles. The molecule has 3 rings (SSSR count). The molecule has 2 aromatic carbocycles. The number of aliphatic hydroxyl groups excluding tert-OH is 1. The number of hydrogen-bond acceptors (Lipinski definition) is 6. The zero-order valence-corrected chi connectivity index (χ0v) is 15.9. The van der Waals surface area contributed by atoms with Crippen molar-refractivity contribution in [3.63, 3.8) is 0 Å². The highest BCUT2D eigenvalue weighted by Gasteiger charge is 2.09. The minimum Gasteiger partial charge on any atom is -0.493 e. The summed E-state index contributed by atoms with van der Waals surface area (Å²) in [6.07, 6.45) is 0.993. The maximum absolute atomic E-state index is 10.1. The third kappa shape index (κ3) is 5.75. The van der Waals surface area contributed by atoms with Crippen LogP contribution >= 0.6 is 12.4 Å². The number of nitrogens with one attached hydrogen (secondary N) is 2. The Balaban J connectivity index is 0.00000261. The molecule has 7 nitrogen and oxygen atoms in total. The number of halogens is 1. The van der Waals surface area contributed by atoms with Gasteiger partial charge in [-0.1, -0.05) is 18.2 Å². The molecule has 1 heterocycles. The average molecular weight is 394 g/mol. The molecule has 0 fully saturated rings. The Hall–Kier alpha value is -2.48. The molecule has 0 spiro atoms. The van der Waals surface area contributed by atoms with E-state index >= 15 is 0 Å². The van der Waals surface area contributed by atoms with Gasteiger partial charge in [-0.3, -0.25) is 0 Å². The SMILES string of the molecule is COc1ccccc1OCCNCC(O)COc1cccc2[nH]cnc12.Cl. The van der Waals surface area contributed by atoms with Gasteiger partial charge in [-0.15, -0.1) is 12.4 Å². The van der Waals surface area contributed by atoms with Crippen molar-refractivity contribution in [3.05, 3.63) is 48.8 Å². The summed E-state index contributed by atoms with van der Waals surface area (Å²) in [5, 5.41) is 13.2. The van der Waals surface area contributed by atoms with Crippen molar-refractivity contribution in [1.29, 1.82) is 0 Å². The van der Waals surface area contributed by atoms with E-state index in [-0.39, 0.29) is 19.0 Å². The molecule has 3 aromatic rings. The Kier molecular flexibility index (Phi) is 8.19. The van der Waals surface area contributed by atoms with Gasteiger partial charge in [0.2, 0.25) is 0 Å². The number of nitrogens with zero attached hydrogens (tertiary/aromatic N) is 1. The number of imidazole rings is 1. The molecule has 1 unspecified atom stereocenters. The van der Waals surface area contributed by atoms with E-state index in [4.69, 9.17) is 14.2 Å². The highest BCUT2D eigenvalue weighted by atomic mass is 35.5. The maximum atomic E-state index is 10.1. The first-order valence-electron chi connectivity index (χ1n) is 8.47. The summed E-state index contributed by atoms with van der Waals surface area (Å²) in [5.74, 6) is 2.06. The Bertz CT molecular complexity index is 827. The number of aromatic nitrogens is 2. The van der Waals surface area contributed by atoms with E-state index in [2.05, 4.69) is 15.3 Å². The lowest BCUT2D eigenvalue weighted by Gasteiger charge is -2.14. The second-order valence-electron chi connectivity index (χ2n) is 5.72. The smallest absolute Gasteiger partial charge is 0.161 e. The van der Waals surface area contributed by atoms with E-state index in [0.717, 1.165) is 11.0 Å². The zero-order chi connectivity index (χ0) is 18.2. The molecule has 1 aromatic heterocycles. The van der Waals surface area contributed by atoms with Crippen LogP contribution in [0.2, 0.25) is 0 Å². The van der Waals surface area contributed by atoms with Crippen LogP contribution in [-0.2, 0) is 0 Å². The minimum atomic E-state index is -0.629. The fourth-order valence-electron chi connectivity index (χ4n) is 2.54. The number of hydrogen-bond donors (Lipinski definition) is 3. The van der Waals surface area contributed by atoms with Crippen LogP contribution in [0.1, 0.15) is 0 Å². The van der Waals surface area contributed by atoms with Crippen molar-refractivity contribution in [1.82, 2.24) is 15.3 Å². The summed E-state index contributed by atoms with van der Waals surface area (Å²) in [4.78, 5) is 7.25.